The average Bonchev–Trinajstić information content (AvgIpc) is 2.85. The van der Waals surface area contributed by atoms with Crippen molar-refractivity contribution in [2.24, 2.45) is 0 Å². The van der Waals surface area contributed by atoms with Crippen LogP contribution in [0.2, 0.25) is 0 Å². The Morgan fingerprint density at radius 2 is 1.65 bits per heavy atom. The van der Waals surface area contributed by atoms with Gasteiger partial charge in [0.25, 0.3) is 5.91 Å². The molecule has 1 amide bonds. The lowest BCUT2D eigenvalue weighted by molar-refractivity contribution is -0.112. The van der Waals surface area contributed by atoms with E-state index in [0.717, 1.165) is 0 Å². The van der Waals surface area contributed by atoms with E-state index in [2.05, 4.69) is 21.2 Å². The van der Waals surface area contributed by atoms with Crippen molar-refractivity contribution in [2.75, 3.05) is 11.9 Å². The van der Waals surface area contributed by atoms with Crippen molar-refractivity contribution in [1.82, 2.24) is 0 Å². The highest BCUT2D eigenvalue weighted by Crippen LogP contribution is 2.27. The Bertz CT molecular complexity index is 1280. The summed E-state index contributed by atoms with van der Waals surface area (Å²) in [6.07, 6.45) is 1.33. The minimum absolute atomic E-state index is 0.191. The molecule has 0 aliphatic heterocycles. The van der Waals surface area contributed by atoms with E-state index >= 15 is 0 Å². The average molecular weight is 519 g/mol. The Balaban J connectivity index is 1.81. The summed E-state index contributed by atoms with van der Waals surface area (Å²) in [6.45, 7) is 1.97. The van der Waals surface area contributed by atoms with Crippen LogP contribution in [0.15, 0.2) is 82.8 Å². The summed E-state index contributed by atoms with van der Waals surface area (Å²) < 4.78 is 11.1. The summed E-state index contributed by atoms with van der Waals surface area (Å²) >= 11 is 3.35. The summed E-state index contributed by atoms with van der Waals surface area (Å²) in [5, 5.41) is 12.2. The van der Waals surface area contributed by atoms with E-state index < -0.39 is 17.8 Å². The number of nitriles is 1. The van der Waals surface area contributed by atoms with Gasteiger partial charge in [-0.25, -0.2) is 9.59 Å². The molecule has 3 aromatic rings. The lowest BCUT2D eigenvalue weighted by atomic mass is 10.1. The molecule has 0 aromatic heterocycles. The van der Waals surface area contributed by atoms with Gasteiger partial charge < -0.3 is 14.8 Å². The van der Waals surface area contributed by atoms with Crippen LogP contribution in [0.3, 0.4) is 0 Å². The van der Waals surface area contributed by atoms with E-state index in [-0.39, 0.29) is 17.9 Å². The van der Waals surface area contributed by atoms with Gasteiger partial charge >= 0.3 is 11.9 Å². The monoisotopic (exact) mass is 518 g/mol. The molecule has 3 rings (SSSR count). The van der Waals surface area contributed by atoms with Crippen LogP contribution in [0.1, 0.15) is 33.2 Å². The molecule has 0 aliphatic rings. The number of rotatable bonds is 7. The first-order chi connectivity index (χ1) is 16.4. The van der Waals surface area contributed by atoms with Crippen LogP contribution < -0.4 is 10.1 Å². The number of anilines is 1. The number of ether oxygens (including phenoxy) is 2. The Morgan fingerprint density at radius 1 is 0.971 bits per heavy atom. The minimum atomic E-state index is -0.660. The lowest BCUT2D eigenvalue weighted by Gasteiger charge is -2.09. The number of amides is 1. The molecule has 0 spiro atoms. The summed E-state index contributed by atoms with van der Waals surface area (Å²) in [6, 6.07) is 21.3. The molecule has 0 saturated heterocycles. The van der Waals surface area contributed by atoms with Gasteiger partial charge in [0.05, 0.1) is 17.7 Å². The molecule has 0 atom stereocenters. The SMILES string of the molecule is CCOC(=O)c1ccc(NC(=O)/C(C#N)=C/c2cc(Br)ccc2OC(=O)c2ccccc2)cc1. The maximum Gasteiger partial charge on any atom is 0.343 e. The highest BCUT2D eigenvalue weighted by atomic mass is 79.9. The van der Waals surface area contributed by atoms with E-state index in [1.54, 1.807) is 55.5 Å². The molecule has 1 N–H and O–H groups in total. The maximum atomic E-state index is 12.7. The first-order valence-corrected chi connectivity index (χ1v) is 11.0. The van der Waals surface area contributed by atoms with Crippen molar-refractivity contribution in [3.63, 3.8) is 0 Å². The van der Waals surface area contributed by atoms with E-state index in [0.29, 0.717) is 26.9 Å². The van der Waals surface area contributed by atoms with Gasteiger partial charge in [-0.3, -0.25) is 4.79 Å². The third-order valence-corrected chi connectivity index (χ3v) is 5.00. The number of nitrogens with one attached hydrogen (secondary N) is 1. The van der Waals surface area contributed by atoms with Gasteiger partial charge in [-0.15, -0.1) is 0 Å². The molecular weight excluding hydrogens is 500 g/mol. The molecule has 0 heterocycles. The number of hydrogen-bond donors (Lipinski definition) is 1. The molecule has 34 heavy (non-hydrogen) atoms. The highest BCUT2D eigenvalue weighted by molar-refractivity contribution is 9.10. The largest absolute Gasteiger partial charge is 0.462 e. The van der Waals surface area contributed by atoms with Crippen molar-refractivity contribution in [3.8, 4) is 11.8 Å². The number of benzene rings is 3. The van der Waals surface area contributed by atoms with Gasteiger partial charge in [0.1, 0.15) is 17.4 Å². The van der Waals surface area contributed by atoms with Crippen LogP contribution in [0.5, 0.6) is 5.75 Å². The second-order valence-electron chi connectivity index (χ2n) is 6.86. The van der Waals surface area contributed by atoms with E-state index in [4.69, 9.17) is 9.47 Å². The standard InChI is InChI=1S/C26H19BrN2O5/c1-2-33-25(31)18-8-11-22(12-9-18)29-24(30)20(16-28)14-19-15-21(27)10-13-23(19)34-26(32)17-6-4-3-5-7-17/h3-15H,2H2,1H3,(H,29,30)/b20-14+. The fourth-order valence-electron chi connectivity index (χ4n) is 2.86. The minimum Gasteiger partial charge on any atom is -0.462 e. The first-order valence-electron chi connectivity index (χ1n) is 10.2. The normalized spacial score (nSPS) is 10.7. The molecule has 0 bridgehead atoms. The third kappa shape index (κ3) is 6.40. The van der Waals surface area contributed by atoms with Crippen LogP contribution in [0, 0.1) is 11.3 Å². The number of hydrogen-bond acceptors (Lipinski definition) is 6. The predicted octanol–water partition coefficient (Wildman–Crippen LogP) is 5.39. The van der Waals surface area contributed by atoms with Crippen molar-refractivity contribution in [1.29, 1.82) is 5.26 Å². The Labute approximate surface area is 204 Å². The van der Waals surface area contributed by atoms with E-state index in [1.807, 2.05) is 6.07 Å². The van der Waals surface area contributed by atoms with Crippen molar-refractivity contribution >= 4 is 45.5 Å². The van der Waals surface area contributed by atoms with Crippen LogP contribution in [0.25, 0.3) is 6.08 Å². The fourth-order valence-corrected chi connectivity index (χ4v) is 3.24. The molecule has 3 aromatic carbocycles. The second-order valence-corrected chi connectivity index (χ2v) is 7.78. The zero-order valence-electron chi connectivity index (χ0n) is 18.1. The number of esters is 2. The van der Waals surface area contributed by atoms with E-state index in [9.17, 15) is 19.6 Å². The molecule has 0 unspecified atom stereocenters. The van der Waals surface area contributed by atoms with Crippen LogP contribution in [0.4, 0.5) is 5.69 Å². The fraction of sp³-hybridized carbons (Fsp3) is 0.0769. The second kappa shape index (κ2) is 11.6. The summed E-state index contributed by atoms with van der Waals surface area (Å²) in [5.41, 5.74) is 1.26. The molecule has 170 valence electrons. The van der Waals surface area contributed by atoms with Crippen LogP contribution in [-0.2, 0) is 9.53 Å². The molecule has 0 fully saturated rings. The molecule has 0 saturated carbocycles. The van der Waals surface area contributed by atoms with Crippen molar-refractivity contribution < 1.29 is 23.9 Å². The lowest BCUT2D eigenvalue weighted by Crippen LogP contribution is -2.14. The van der Waals surface area contributed by atoms with Gasteiger partial charge in [0.2, 0.25) is 0 Å². The Kier molecular flexibility index (Phi) is 8.32. The molecule has 8 heteroatoms. The summed E-state index contributed by atoms with van der Waals surface area (Å²) in [4.78, 5) is 36.9. The van der Waals surface area contributed by atoms with Crippen molar-refractivity contribution in [3.05, 3.63) is 99.5 Å². The van der Waals surface area contributed by atoms with Gasteiger partial charge in [-0.05, 0) is 67.6 Å². The van der Waals surface area contributed by atoms with Gasteiger partial charge in [-0.2, -0.15) is 5.26 Å². The van der Waals surface area contributed by atoms with Gasteiger partial charge in [0, 0.05) is 15.7 Å². The summed E-state index contributed by atoms with van der Waals surface area (Å²) in [7, 11) is 0. The van der Waals surface area contributed by atoms with Crippen LogP contribution >= 0.6 is 15.9 Å². The van der Waals surface area contributed by atoms with Gasteiger partial charge in [-0.1, -0.05) is 34.1 Å². The predicted molar refractivity (Wildman–Crippen MR) is 130 cm³/mol. The zero-order valence-corrected chi connectivity index (χ0v) is 19.7. The quantitative estimate of drug-likeness (QED) is 0.194. The number of carbonyl (C=O) groups excluding carboxylic acids is 3. The first kappa shape index (κ1) is 24.4. The maximum absolute atomic E-state index is 12.7. The Hall–Kier alpha value is -4.22. The zero-order chi connectivity index (χ0) is 24.5. The Morgan fingerprint density at radius 3 is 2.29 bits per heavy atom. The third-order valence-electron chi connectivity index (χ3n) is 4.50. The van der Waals surface area contributed by atoms with E-state index in [1.165, 1.54) is 30.3 Å². The number of nitrogens with zero attached hydrogens (tertiary/aromatic N) is 1. The van der Waals surface area contributed by atoms with Gasteiger partial charge in [0.15, 0.2) is 0 Å². The highest BCUT2D eigenvalue weighted by Gasteiger charge is 2.15. The smallest absolute Gasteiger partial charge is 0.343 e. The van der Waals surface area contributed by atoms with Crippen LogP contribution in [-0.4, -0.2) is 24.5 Å². The number of halogens is 1. The summed E-state index contributed by atoms with van der Waals surface area (Å²) in [5.74, 6) is -1.50. The molecule has 0 aliphatic carbocycles. The number of carbonyl (C=O) groups is 3. The molecule has 0 radical (unpaired) electrons. The topological polar surface area (TPSA) is 105 Å². The molecule has 7 nitrogen and oxygen atoms in total. The van der Waals surface area contributed by atoms with Crippen molar-refractivity contribution in [2.45, 2.75) is 6.92 Å². The molecular formula is C26H19BrN2O5.